The second kappa shape index (κ2) is 5.71. The van der Waals surface area contributed by atoms with E-state index in [1.165, 1.54) is 0 Å². The van der Waals surface area contributed by atoms with Gasteiger partial charge in [0.1, 0.15) is 5.75 Å². The molecular weight excluding hydrogens is 298 g/mol. The van der Waals surface area contributed by atoms with Gasteiger partial charge in [-0.2, -0.15) is 0 Å². The summed E-state index contributed by atoms with van der Waals surface area (Å²) in [4.78, 5) is 12.1. The fraction of sp³-hybridized carbons (Fsp3) is 0.462. The Morgan fingerprint density at radius 2 is 2.22 bits per heavy atom. The molecule has 0 bridgehead atoms. The third-order valence-corrected chi connectivity index (χ3v) is 3.02. The van der Waals surface area contributed by atoms with Crippen molar-refractivity contribution < 1.29 is 14.3 Å². The molecule has 18 heavy (non-hydrogen) atoms. The first-order valence-corrected chi connectivity index (χ1v) is 6.70. The first-order valence-electron chi connectivity index (χ1n) is 5.91. The second-order valence-corrected chi connectivity index (χ2v) is 5.43. The fourth-order valence-corrected chi connectivity index (χ4v) is 1.96. The SMILES string of the molecule is CC(C)Oc1cc(Br)ccc1C(=O)NC1COC1. The van der Waals surface area contributed by atoms with Crippen LogP contribution in [-0.4, -0.2) is 31.3 Å². The van der Waals surface area contributed by atoms with Gasteiger partial charge in [0.05, 0.1) is 30.9 Å². The van der Waals surface area contributed by atoms with Gasteiger partial charge in [0.25, 0.3) is 5.91 Å². The van der Waals surface area contributed by atoms with Crippen LogP contribution in [0.2, 0.25) is 0 Å². The zero-order chi connectivity index (χ0) is 13.1. The van der Waals surface area contributed by atoms with E-state index in [2.05, 4.69) is 21.2 Å². The molecule has 5 heteroatoms. The molecule has 1 aliphatic rings. The largest absolute Gasteiger partial charge is 0.490 e. The normalized spacial score (nSPS) is 15.3. The number of benzene rings is 1. The zero-order valence-electron chi connectivity index (χ0n) is 10.4. The first kappa shape index (κ1) is 13.4. The molecule has 1 aromatic carbocycles. The molecule has 1 saturated heterocycles. The molecule has 1 N–H and O–H groups in total. The Hall–Kier alpha value is -1.07. The minimum Gasteiger partial charge on any atom is -0.490 e. The standard InChI is InChI=1S/C13H16BrNO3/c1-8(2)18-12-5-9(14)3-4-11(12)13(16)15-10-6-17-7-10/h3-5,8,10H,6-7H2,1-2H3,(H,15,16). The van der Waals surface area contributed by atoms with Crippen molar-refractivity contribution in [3.8, 4) is 5.75 Å². The van der Waals surface area contributed by atoms with E-state index < -0.39 is 0 Å². The van der Waals surface area contributed by atoms with Crippen molar-refractivity contribution >= 4 is 21.8 Å². The van der Waals surface area contributed by atoms with Crippen LogP contribution in [0.15, 0.2) is 22.7 Å². The Kier molecular flexibility index (Phi) is 4.24. The number of hydrogen-bond donors (Lipinski definition) is 1. The predicted octanol–water partition coefficient (Wildman–Crippen LogP) is 2.36. The van der Waals surface area contributed by atoms with E-state index in [9.17, 15) is 4.79 Å². The van der Waals surface area contributed by atoms with Crippen LogP contribution < -0.4 is 10.1 Å². The monoisotopic (exact) mass is 313 g/mol. The summed E-state index contributed by atoms with van der Waals surface area (Å²) in [5, 5.41) is 2.91. The molecule has 0 spiro atoms. The van der Waals surface area contributed by atoms with Crippen molar-refractivity contribution in [3.05, 3.63) is 28.2 Å². The van der Waals surface area contributed by atoms with E-state index in [-0.39, 0.29) is 18.1 Å². The summed E-state index contributed by atoms with van der Waals surface area (Å²) in [6.45, 7) is 5.04. The van der Waals surface area contributed by atoms with Crippen LogP contribution in [0.25, 0.3) is 0 Å². The van der Waals surface area contributed by atoms with Crippen LogP contribution in [-0.2, 0) is 4.74 Å². The van der Waals surface area contributed by atoms with Gasteiger partial charge in [-0.15, -0.1) is 0 Å². The van der Waals surface area contributed by atoms with Crippen molar-refractivity contribution in [2.24, 2.45) is 0 Å². The Bertz CT molecular complexity index is 444. The topological polar surface area (TPSA) is 47.6 Å². The third-order valence-electron chi connectivity index (χ3n) is 2.52. The quantitative estimate of drug-likeness (QED) is 0.928. The van der Waals surface area contributed by atoms with Crippen molar-refractivity contribution in [1.82, 2.24) is 5.32 Å². The van der Waals surface area contributed by atoms with Gasteiger partial charge in [-0.05, 0) is 32.0 Å². The molecule has 1 fully saturated rings. The lowest BCUT2D eigenvalue weighted by atomic mass is 10.1. The lowest BCUT2D eigenvalue weighted by Gasteiger charge is -2.27. The maximum absolute atomic E-state index is 12.1. The Morgan fingerprint density at radius 1 is 1.50 bits per heavy atom. The fourth-order valence-electron chi connectivity index (χ4n) is 1.62. The van der Waals surface area contributed by atoms with Crippen molar-refractivity contribution in [2.45, 2.75) is 26.0 Å². The van der Waals surface area contributed by atoms with Gasteiger partial charge >= 0.3 is 0 Å². The van der Waals surface area contributed by atoms with Gasteiger partial charge in [-0.25, -0.2) is 0 Å². The summed E-state index contributed by atoms with van der Waals surface area (Å²) in [7, 11) is 0. The van der Waals surface area contributed by atoms with Gasteiger partial charge < -0.3 is 14.8 Å². The van der Waals surface area contributed by atoms with Crippen molar-refractivity contribution in [2.75, 3.05) is 13.2 Å². The van der Waals surface area contributed by atoms with E-state index in [1.54, 1.807) is 6.07 Å². The summed E-state index contributed by atoms with van der Waals surface area (Å²) in [5.74, 6) is 0.476. The average Bonchev–Trinajstić information content (AvgIpc) is 2.22. The molecule has 0 radical (unpaired) electrons. The number of rotatable bonds is 4. The van der Waals surface area contributed by atoms with Crippen LogP contribution >= 0.6 is 15.9 Å². The minimum atomic E-state index is -0.119. The Balaban J connectivity index is 2.16. The summed E-state index contributed by atoms with van der Waals surface area (Å²) >= 11 is 3.38. The molecule has 0 aliphatic carbocycles. The molecule has 98 valence electrons. The number of carbonyl (C=O) groups is 1. The molecule has 1 aliphatic heterocycles. The highest BCUT2D eigenvalue weighted by molar-refractivity contribution is 9.10. The van der Waals surface area contributed by atoms with E-state index in [4.69, 9.17) is 9.47 Å². The smallest absolute Gasteiger partial charge is 0.255 e. The maximum Gasteiger partial charge on any atom is 0.255 e. The van der Waals surface area contributed by atoms with Crippen LogP contribution in [0.1, 0.15) is 24.2 Å². The number of amides is 1. The third kappa shape index (κ3) is 3.23. The number of ether oxygens (including phenoxy) is 2. The highest BCUT2D eigenvalue weighted by Crippen LogP contribution is 2.25. The molecule has 4 nitrogen and oxygen atoms in total. The summed E-state index contributed by atoms with van der Waals surface area (Å²) in [6.07, 6.45) is 0.0258. The number of nitrogens with one attached hydrogen (secondary N) is 1. The van der Waals surface area contributed by atoms with Gasteiger partial charge in [0.15, 0.2) is 0 Å². The lowest BCUT2D eigenvalue weighted by molar-refractivity contribution is -0.00352. The minimum absolute atomic E-state index is 0.0258. The van der Waals surface area contributed by atoms with E-state index in [0.29, 0.717) is 24.5 Å². The first-order chi connectivity index (χ1) is 8.56. The molecule has 0 atom stereocenters. The summed E-state index contributed by atoms with van der Waals surface area (Å²) < 4.78 is 11.6. The van der Waals surface area contributed by atoms with Crippen molar-refractivity contribution in [1.29, 1.82) is 0 Å². The van der Waals surface area contributed by atoms with Crippen LogP contribution in [0.5, 0.6) is 5.75 Å². The Morgan fingerprint density at radius 3 is 2.78 bits per heavy atom. The summed E-state index contributed by atoms with van der Waals surface area (Å²) in [5.41, 5.74) is 0.554. The number of halogens is 1. The molecular formula is C13H16BrNO3. The Labute approximate surface area is 115 Å². The van der Waals surface area contributed by atoms with Gasteiger partial charge in [0.2, 0.25) is 0 Å². The summed E-state index contributed by atoms with van der Waals surface area (Å²) in [6, 6.07) is 5.52. The number of hydrogen-bond acceptors (Lipinski definition) is 3. The van der Waals surface area contributed by atoms with Crippen LogP contribution in [0, 0.1) is 0 Å². The molecule has 1 heterocycles. The number of carbonyl (C=O) groups excluding carboxylic acids is 1. The molecule has 0 unspecified atom stereocenters. The predicted molar refractivity (Wildman–Crippen MR) is 72.0 cm³/mol. The highest BCUT2D eigenvalue weighted by Gasteiger charge is 2.23. The second-order valence-electron chi connectivity index (χ2n) is 4.51. The van der Waals surface area contributed by atoms with Crippen molar-refractivity contribution in [3.63, 3.8) is 0 Å². The molecule has 1 aromatic rings. The van der Waals surface area contributed by atoms with Crippen LogP contribution in [0.4, 0.5) is 0 Å². The highest BCUT2D eigenvalue weighted by atomic mass is 79.9. The van der Waals surface area contributed by atoms with E-state index in [0.717, 1.165) is 4.47 Å². The molecule has 1 amide bonds. The van der Waals surface area contributed by atoms with Crippen LogP contribution in [0.3, 0.4) is 0 Å². The lowest BCUT2D eigenvalue weighted by Crippen LogP contribution is -2.48. The molecule has 0 saturated carbocycles. The zero-order valence-corrected chi connectivity index (χ0v) is 12.0. The average molecular weight is 314 g/mol. The molecule has 0 aromatic heterocycles. The van der Waals surface area contributed by atoms with E-state index >= 15 is 0 Å². The van der Waals surface area contributed by atoms with Gasteiger partial charge in [-0.3, -0.25) is 4.79 Å². The molecule has 2 rings (SSSR count). The van der Waals surface area contributed by atoms with Gasteiger partial charge in [-0.1, -0.05) is 15.9 Å². The van der Waals surface area contributed by atoms with E-state index in [1.807, 2.05) is 26.0 Å². The maximum atomic E-state index is 12.1. The van der Waals surface area contributed by atoms with Gasteiger partial charge in [0, 0.05) is 4.47 Å².